The molecule has 0 atom stereocenters. The molecule has 0 aliphatic carbocycles. The van der Waals surface area contributed by atoms with E-state index in [0.717, 1.165) is 10.1 Å². The molecule has 0 aliphatic heterocycles. The number of nitrogens with one attached hydrogen (secondary N) is 1. The van der Waals surface area contributed by atoms with Crippen LogP contribution in [0.2, 0.25) is 0 Å². The number of nitrogen functional groups attached to an aromatic ring is 1. The van der Waals surface area contributed by atoms with E-state index in [-0.39, 0.29) is 5.56 Å². The lowest BCUT2D eigenvalue weighted by atomic mass is 10.2. The zero-order valence-corrected chi connectivity index (χ0v) is 9.26. The minimum absolute atomic E-state index is 0.142. The predicted molar refractivity (Wildman–Crippen MR) is 64.7 cm³/mol. The lowest BCUT2D eigenvalue weighted by molar-refractivity contribution is 1.06. The fraction of sp³-hybridized carbons (Fsp3) is 0.100. The highest BCUT2D eigenvalue weighted by atomic mass is 32.1. The van der Waals surface area contributed by atoms with Crippen LogP contribution in [0.3, 0.4) is 0 Å². The number of anilines is 1. The van der Waals surface area contributed by atoms with Gasteiger partial charge in [-0.05, 0) is 30.6 Å². The molecule has 0 unspecified atom stereocenters. The van der Waals surface area contributed by atoms with Gasteiger partial charge in [-0.15, -0.1) is 0 Å². The highest BCUT2D eigenvalue weighted by Crippen LogP contribution is 2.29. The second kappa shape index (κ2) is 3.02. The smallest absolute Gasteiger partial charge is 0.260 e. The largest absolute Gasteiger partial charge is 0.382 e. The van der Waals surface area contributed by atoms with Crippen molar-refractivity contribution >= 4 is 38.3 Å². The van der Waals surface area contributed by atoms with E-state index < -0.39 is 0 Å². The number of hydrogen-bond acceptors (Lipinski definition) is 5. The number of fused-ring (bicyclic) bond motifs is 3. The van der Waals surface area contributed by atoms with Crippen molar-refractivity contribution in [2.75, 3.05) is 5.73 Å². The Hall–Kier alpha value is -1.95. The Balaban J connectivity index is 2.65. The number of nitrogens with two attached hydrogens (primary N) is 1. The van der Waals surface area contributed by atoms with Crippen LogP contribution in [0.15, 0.2) is 16.9 Å². The Morgan fingerprint density at radius 2 is 2.25 bits per heavy atom. The normalized spacial score (nSPS) is 11.3. The number of aromatic amines is 1. The summed E-state index contributed by atoms with van der Waals surface area (Å²) >= 11 is 1.23. The van der Waals surface area contributed by atoms with Crippen molar-refractivity contribution in [3.8, 4) is 0 Å². The van der Waals surface area contributed by atoms with Gasteiger partial charge in [0.2, 0.25) is 0 Å². The van der Waals surface area contributed by atoms with Crippen LogP contribution in [0.5, 0.6) is 0 Å². The van der Waals surface area contributed by atoms with Crippen molar-refractivity contribution in [2.45, 2.75) is 6.92 Å². The van der Waals surface area contributed by atoms with Crippen molar-refractivity contribution in [3.63, 3.8) is 0 Å². The van der Waals surface area contributed by atoms with Gasteiger partial charge in [0.05, 0.1) is 15.6 Å². The third-order valence-electron chi connectivity index (χ3n) is 2.46. The molecular formula is C10H8N4OS. The second-order valence-electron chi connectivity index (χ2n) is 3.56. The SMILES string of the molecule is Cc1nc2ccc3c(N)nsc3c2c(=O)[nH]1. The van der Waals surface area contributed by atoms with Crippen molar-refractivity contribution in [1.82, 2.24) is 14.3 Å². The summed E-state index contributed by atoms with van der Waals surface area (Å²) in [6.45, 7) is 1.76. The van der Waals surface area contributed by atoms with E-state index in [0.29, 0.717) is 22.5 Å². The van der Waals surface area contributed by atoms with Gasteiger partial charge in [-0.3, -0.25) is 4.79 Å². The summed E-state index contributed by atoms with van der Waals surface area (Å²) in [5, 5.41) is 1.38. The quantitative estimate of drug-likeness (QED) is 0.614. The van der Waals surface area contributed by atoms with E-state index in [1.54, 1.807) is 13.0 Å². The maximum atomic E-state index is 11.9. The van der Waals surface area contributed by atoms with Gasteiger partial charge in [-0.25, -0.2) is 4.98 Å². The van der Waals surface area contributed by atoms with Crippen LogP contribution in [-0.2, 0) is 0 Å². The average molecular weight is 232 g/mol. The number of H-pyrrole nitrogens is 1. The first-order valence-corrected chi connectivity index (χ1v) is 5.48. The molecule has 0 spiro atoms. The van der Waals surface area contributed by atoms with Crippen LogP contribution in [0.4, 0.5) is 5.82 Å². The van der Waals surface area contributed by atoms with Gasteiger partial charge in [0, 0.05) is 5.39 Å². The van der Waals surface area contributed by atoms with Crippen LogP contribution in [0.25, 0.3) is 21.0 Å². The molecule has 0 radical (unpaired) electrons. The summed E-state index contributed by atoms with van der Waals surface area (Å²) in [5.74, 6) is 1.07. The zero-order chi connectivity index (χ0) is 11.3. The first-order chi connectivity index (χ1) is 7.66. The van der Waals surface area contributed by atoms with Crippen LogP contribution in [0.1, 0.15) is 5.82 Å². The molecule has 6 heteroatoms. The molecule has 5 nitrogen and oxygen atoms in total. The van der Waals surface area contributed by atoms with Gasteiger partial charge in [-0.1, -0.05) is 0 Å². The van der Waals surface area contributed by atoms with Gasteiger partial charge < -0.3 is 10.7 Å². The highest BCUT2D eigenvalue weighted by Gasteiger charge is 2.10. The van der Waals surface area contributed by atoms with E-state index in [2.05, 4.69) is 14.3 Å². The number of hydrogen-bond donors (Lipinski definition) is 2. The Bertz CT molecular complexity index is 758. The van der Waals surface area contributed by atoms with Crippen molar-refractivity contribution in [2.24, 2.45) is 0 Å². The van der Waals surface area contributed by atoms with Gasteiger partial charge in [0.25, 0.3) is 5.56 Å². The number of nitrogens with zero attached hydrogens (tertiary/aromatic N) is 2. The van der Waals surface area contributed by atoms with Crippen LogP contribution in [0, 0.1) is 6.92 Å². The van der Waals surface area contributed by atoms with E-state index in [4.69, 9.17) is 5.73 Å². The average Bonchev–Trinajstić information content (AvgIpc) is 2.59. The molecule has 0 saturated heterocycles. The first-order valence-electron chi connectivity index (χ1n) is 4.71. The Kier molecular flexibility index (Phi) is 1.75. The van der Waals surface area contributed by atoms with Crippen LogP contribution >= 0.6 is 11.5 Å². The molecule has 80 valence electrons. The fourth-order valence-electron chi connectivity index (χ4n) is 1.76. The maximum absolute atomic E-state index is 11.9. The van der Waals surface area contributed by atoms with E-state index >= 15 is 0 Å². The third kappa shape index (κ3) is 1.13. The van der Waals surface area contributed by atoms with Crippen molar-refractivity contribution in [1.29, 1.82) is 0 Å². The third-order valence-corrected chi connectivity index (χ3v) is 3.35. The Morgan fingerprint density at radius 3 is 3.06 bits per heavy atom. The molecule has 16 heavy (non-hydrogen) atoms. The lowest BCUT2D eigenvalue weighted by Crippen LogP contribution is -2.09. The predicted octanol–water partition coefficient (Wildman–Crippen LogP) is 1.42. The highest BCUT2D eigenvalue weighted by molar-refractivity contribution is 7.14. The molecule has 3 N–H and O–H groups in total. The van der Waals surface area contributed by atoms with Gasteiger partial charge in [-0.2, -0.15) is 4.37 Å². The first kappa shape index (κ1) is 9.29. The number of aromatic nitrogens is 3. The van der Waals surface area contributed by atoms with E-state index in [1.807, 2.05) is 6.07 Å². The minimum atomic E-state index is -0.142. The fourth-order valence-corrected chi connectivity index (χ4v) is 2.61. The lowest BCUT2D eigenvalue weighted by Gasteiger charge is -1.99. The second-order valence-corrected chi connectivity index (χ2v) is 4.33. The molecule has 3 aromatic rings. The molecule has 0 aliphatic rings. The Labute approximate surface area is 94.1 Å². The molecule has 2 aromatic heterocycles. The van der Waals surface area contributed by atoms with Gasteiger partial charge in [0.15, 0.2) is 0 Å². The summed E-state index contributed by atoms with van der Waals surface area (Å²) in [6.07, 6.45) is 0. The molecule has 0 amide bonds. The number of benzene rings is 1. The molecule has 2 heterocycles. The van der Waals surface area contributed by atoms with Gasteiger partial charge >= 0.3 is 0 Å². The Morgan fingerprint density at radius 1 is 1.44 bits per heavy atom. The summed E-state index contributed by atoms with van der Waals surface area (Å²) in [6, 6.07) is 3.65. The molecule has 0 fully saturated rings. The van der Waals surface area contributed by atoms with Crippen LogP contribution in [-0.4, -0.2) is 14.3 Å². The monoisotopic (exact) mass is 232 g/mol. The summed E-state index contributed by atoms with van der Waals surface area (Å²) in [7, 11) is 0. The number of rotatable bonds is 0. The zero-order valence-electron chi connectivity index (χ0n) is 8.44. The topological polar surface area (TPSA) is 84.7 Å². The summed E-state index contributed by atoms with van der Waals surface area (Å²) < 4.78 is 4.84. The molecule has 0 saturated carbocycles. The molecule has 3 rings (SSSR count). The van der Waals surface area contributed by atoms with E-state index in [1.165, 1.54) is 11.5 Å². The number of aryl methyl sites for hydroxylation is 1. The van der Waals surface area contributed by atoms with Crippen molar-refractivity contribution < 1.29 is 0 Å². The maximum Gasteiger partial charge on any atom is 0.260 e. The molecular weight excluding hydrogens is 224 g/mol. The summed E-state index contributed by atoms with van der Waals surface area (Å²) in [5.41, 5.74) is 6.25. The standard InChI is InChI=1S/C10H8N4OS/c1-4-12-6-3-2-5-8(16-14-9(5)11)7(6)10(15)13-4/h2-3H,1H3,(H2,11,14)(H,12,13,15). The van der Waals surface area contributed by atoms with Crippen LogP contribution < -0.4 is 11.3 Å². The molecule has 1 aromatic carbocycles. The minimum Gasteiger partial charge on any atom is -0.382 e. The van der Waals surface area contributed by atoms with Crippen molar-refractivity contribution in [3.05, 3.63) is 28.3 Å². The summed E-state index contributed by atoms with van der Waals surface area (Å²) in [4.78, 5) is 18.8. The molecule has 0 bridgehead atoms. The van der Waals surface area contributed by atoms with E-state index in [9.17, 15) is 4.79 Å². The van der Waals surface area contributed by atoms with Gasteiger partial charge in [0.1, 0.15) is 11.6 Å².